The number of anilines is 1. The van der Waals surface area contributed by atoms with Gasteiger partial charge in [0.15, 0.2) is 5.96 Å². The van der Waals surface area contributed by atoms with Gasteiger partial charge in [-0.05, 0) is 38.0 Å². The van der Waals surface area contributed by atoms with Crippen molar-refractivity contribution in [2.24, 2.45) is 4.99 Å². The number of alkyl halides is 2. The van der Waals surface area contributed by atoms with Gasteiger partial charge >= 0.3 is 6.61 Å². The van der Waals surface area contributed by atoms with Crippen LogP contribution in [0.15, 0.2) is 47.7 Å². The van der Waals surface area contributed by atoms with Crippen molar-refractivity contribution in [3.63, 3.8) is 0 Å². The van der Waals surface area contributed by atoms with Crippen LogP contribution in [0.4, 0.5) is 14.5 Å². The SMILES string of the molecule is CCNC(=NCCCn1cccn1)NC1CCN(c2ccccc2OC(F)F)C1. The third-order valence-electron chi connectivity index (χ3n) is 4.67. The van der Waals surface area contributed by atoms with E-state index in [1.165, 1.54) is 0 Å². The van der Waals surface area contributed by atoms with Gasteiger partial charge in [0, 0.05) is 51.2 Å². The Hall–Kier alpha value is -2.84. The number of hydrogen-bond donors (Lipinski definition) is 2. The molecular formula is C20H28F2N6O. The monoisotopic (exact) mass is 406 g/mol. The molecule has 1 fully saturated rings. The second-order valence-corrected chi connectivity index (χ2v) is 6.81. The van der Waals surface area contributed by atoms with E-state index in [4.69, 9.17) is 0 Å². The lowest BCUT2D eigenvalue weighted by Gasteiger charge is -2.22. The van der Waals surface area contributed by atoms with E-state index in [0.29, 0.717) is 18.8 Å². The molecule has 0 spiro atoms. The molecule has 2 heterocycles. The van der Waals surface area contributed by atoms with Gasteiger partial charge in [-0.3, -0.25) is 9.67 Å². The van der Waals surface area contributed by atoms with E-state index >= 15 is 0 Å². The van der Waals surface area contributed by atoms with Crippen LogP contribution < -0.4 is 20.3 Å². The second-order valence-electron chi connectivity index (χ2n) is 6.81. The molecule has 1 aromatic heterocycles. The zero-order valence-corrected chi connectivity index (χ0v) is 16.6. The van der Waals surface area contributed by atoms with E-state index in [9.17, 15) is 8.78 Å². The van der Waals surface area contributed by atoms with Gasteiger partial charge in [-0.15, -0.1) is 0 Å². The Morgan fingerprint density at radius 2 is 2.21 bits per heavy atom. The number of guanidine groups is 1. The molecule has 2 N–H and O–H groups in total. The summed E-state index contributed by atoms with van der Waals surface area (Å²) >= 11 is 0. The van der Waals surface area contributed by atoms with Gasteiger partial charge < -0.3 is 20.3 Å². The predicted molar refractivity (Wildman–Crippen MR) is 110 cm³/mol. The number of aliphatic imine (C=N–C) groups is 1. The highest BCUT2D eigenvalue weighted by Crippen LogP contribution is 2.31. The minimum Gasteiger partial charge on any atom is -0.433 e. The number of aryl methyl sites for hydroxylation is 1. The summed E-state index contributed by atoms with van der Waals surface area (Å²) in [5.74, 6) is 0.985. The molecule has 0 radical (unpaired) electrons. The third-order valence-corrected chi connectivity index (χ3v) is 4.67. The van der Waals surface area contributed by atoms with Crippen LogP contribution in [0.1, 0.15) is 19.8 Å². The Morgan fingerprint density at radius 3 is 2.97 bits per heavy atom. The molecule has 1 unspecified atom stereocenters. The maximum Gasteiger partial charge on any atom is 0.387 e. The van der Waals surface area contributed by atoms with Crippen molar-refractivity contribution in [1.82, 2.24) is 20.4 Å². The van der Waals surface area contributed by atoms with Crippen molar-refractivity contribution in [1.29, 1.82) is 0 Å². The van der Waals surface area contributed by atoms with Crippen LogP contribution in [-0.4, -0.2) is 54.6 Å². The van der Waals surface area contributed by atoms with Crippen LogP contribution in [0.3, 0.4) is 0 Å². The van der Waals surface area contributed by atoms with Gasteiger partial charge in [0.2, 0.25) is 0 Å². The first-order valence-electron chi connectivity index (χ1n) is 9.96. The van der Waals surface area contributed by atoms with Crippen molar-refractivity contribution in [3.05, 3.63) is 42.7 Å². The molecule has 7 nitrogen and oxygen atoms in total. The van der Waals surface area contributed by atoms with Crippen LogP contribution in [0.25, 0.3) is 0 Å². The summed E-state index contributed by atoms with van der Waals surface area (Å²) in [5, 5.41) is 10.9. The molecule has 29 heavy (non-hydrogen) atoms. The molecule has 3 rings (SSSR count). The molecule has 158 valence electrons. The van der Waals surface area contributed by atoms with Gasteiger partial charge in [0.1, 0.15) is 5.75 Å². The highest BCUT2D eigenvalue weighted by molar-refractivity contribution is 5.80. The smallest absolute Gasteiger partial charge is 0.387 e. The van der Waals surface area contributed by atoms with Crippen molar-refractivity contribution in [2.45, 2.75) is 39.0 Å². The molecule has 1 aliphatic rings. The molecule has 0 aliphatic carbocycles. The number of hydrogen-bond acceptors (Lipinski definition) is 4. The van der Waals surface area contributed by atoms with E-state index in [2.05, 4.69) is 30.4 Å². The first kappa shape index (κ1) is 20.9. The van der Waals surface area contributed by atoms with Crippen LogP contribution in [0.5, 0.6) is 5.75 Å². The predicted octanol–water partition coefficient (Wildman–Crippen LogP) is 2.71. The highest BCUT2D eigenvalue weighted by atomic mass is 19.3. The van der Waals surface area contributed by atoms with E-state index in [1.807, 2.05) is 36.0 Å². The molecule has 1 aliphatic heterocycles. The quantitative estimate of drug-likeness (QED) is 0.381. The largest absolute Gasteiger partial charge is 0.433 e. The molecule has 1 aromatic carbocycles. The Morgan fingerprint density at radius 1 is 1.34 bits per heavy atom. The van der Waals surface area contributed by atoms with Crippen molar-refractivity contribution in [3.8, 4) is 5.75 Å². The average Bonchev–Trinajstić information content (AvgIpc) is 3.37. The summed E-state index contributed by atoms with van der Waals surface area (Å²) in [7, 11) is 0. The van der Waals surface area contributed by atoms with Gasteiger partial charge in [0.25, 0.3) is 0 Å². The zero-order chi connectivity index (χ0) is 20.5. The molecule has 0 bridgehead atoms. The van der Waals surface area contributed by atoms with E-state index < -0.39 is 6.61 Å². The summed E-state index contributed by atoms with van der Waals surface area (Å²) in [6.45, 7) is 2.94. The summed E-state index contributed by atoms with van der Waals surface area (Å²) < 4.78 is 31.9. The lowest BCUT2D eigenvalue weighted by atomic mass is 10.2. The van der Waals surface area contributed by atoms with E-state index in [1.54, 1.807) is 18.3 Å². The first-order chi connectivity index (χ1) is 14.2. The van der Waals surface area contributed by atoms with Crippen LogP contribution in [0, 0.1) is 0 Å². The third kappa shape index (κ3) is 6.33. The lowest BCUT2D eigenvalue weighted by Crippen LogP contribution is -2.44. The van der Waals surface area contributed by atoms with Crippen LogP contribution >= 0.6 is 0 Å². The number of nitrogens with one attached hydrogen (secondary N) is 2. The molecule has 9 heteroatoms. The van der Waals surface area contributed by atoms with Crippen LogP contribution in [0.2, 0.25) is 0 Å². The average molecular weight is 406 g/mol. The van der Waals surface area contributed by atoms with Gasteiger partial charge in [-0.1, -0.05) is 12.1 Å². The topological polar surface area (TPSA) is 66.7 Å². The normalized spacial score (nSPS) is 17.0. The van der Waals surface area contributed by atoms with Gasteiger partial charge in [-0.25, -0.2) is 0 Å². The maximum atomic E-state index is 12.7. The fraction of sp³-hybridized carbons (Fsp3) is 0.500. The zero-order valence-electron chi connectivity index (χ0n) is 16.6. The number of aromatic nitrogens is 2. The Kier molecular flexibility index (Phi) is 7.66. The van der Waals surface area contributed by atoms with E-state index in [0.717, 1.165) is 38.4 Å². The number of benzene rings is 1. The molecule has 1 atom stereocenters. The lowest BCUT2D eigenvalue weighted by molar-refractivity contribution is -0.0495. The number of rotatable bonds is 9. The van der Waals surface area contributed by atoms with Crippen molar-refractivity contribution >= 4 is 11.6 Å². The number of para-hydroxylation sites is 2. The minimum absolute atomic E-state index is 0.179. The number of nitrogens with zero attached hydrogens (tertiary/aromatic N) is 4. The summed E-state index contributed by atoms with van der Waals surface area (Å²) in [4.78, 5) is 6.71. The van der Waals surface area contributed by atoms with E-state index in [-0.39, 0.29) is 11.8 Å². The summed E-state index contributed by atoms with van der Waals surface area (Å²) in [6, 6.07) is 9.01. The van der Waals surface area contributed by atoms with Gasteiger partial charge in [-0.2, -0.15) is 13.9 Å². The Balaban J connectivity index is 1.53. The highest BCUT2D eigenvalue weighted by Gasteiger charge is 2.26. The fourth-order valence-corrected chi connectivity index (χ4v) is 3.38. The molecule has 0 saturated carbocycles. The van der Waals surface area contributed by atoms with Gasteiger partial charge in [0.05, 0.1) is 5.69 Å². The fourth-order valence-electron chi connectivity index (χ4n) is 3.38. The van der Waals surface area contributed by atoms with Crippen molar-refractivity contribution < 1.29 is 13.5 Å². The Bertz CT molecular complexity index is 768. The Labute approximate surface area is 169 Å². The first-order valence-corrected chi connectivity index (χ1v) is 9.96. The summed E-state index contributed by atoms with van der Waals surface area (Å²) in [6.07, 6.45) is 5.50. The molecular weight excluding hydrogens is 378 g/mol. The number of halogens is 2. The molecule has 0 amide bonds. The molecule has 2 aromatic rings. The second kappa shape index (κ2) is 10.6. The minimum atomic E-state index is -2.83. The van der Waals surface area contributed by atoms with Crippen LogP contribution in [-0.2, 0) is 6.54 Å². The summed E-state index contributed by atoms with van der Waals surface area (Å²) in [5.41, 5.74) is 0.693. The standard InChI is InChI=1S/C20H28F2N6O/c1-2-23-20(24-10-5-12-28-13-6-11-25-28)26-16-9-14-27(15-16)17-7-3-4-8-18(17)29-19(21)22/h3-4,6-8,11,13,16,19H,2,5,9-10,12,14-15H2,1H3,(H2,23,24,26). The maximum absolute atomic E-state index is 12.7. The number of ether oxygens (including phenoxy) is 1. The van der Waals surface area contributed by atoms with Crippen molar-refractivity contribution in [2.75, 3.05) is 31.1 Å². The molecule has 1 saturated heterocycles.